The largest absolute Gasteiger partial charge is 1.00 e. The zero-order chi connectivity index (χ0) is 7.40. The smallest absolute Gasteiger partial charge is 1.00 e. The first-order chi connectivity index (χ1) is 4.79. The maximum absolute atomic E-state index is 10.3. The zero-order valence-electron chi connectivity index (χ0n) is 6.99. The Balaban J connectivity index is 0. The topological polar surface area (TPSA) is 26.3 Å². The van der Waals surface area contributed by atoms with Crippen LogP contribution in [0.1, 0.15) is 1.43 Å². The summed E-state index contributed by atoms with van der Waals surface area (Å²) in [5.74, 6) is 0.510. The van der Waals surface area contributed by atoms with Crippen molar-refractivity contribution in [2.75, 3.05) is 0 Å². The van der Waals surface area contributed by atoms with E-state index in [0.29, 0.717) is 5.75 Å². The third-order valence-electron chi connectivity index (χ3n) is 0.905. The third-order valence-corrected chi connectivity index (χ3v) is 1.42. The molecular formula is C6H6ClNaO2S. The summed E-state index contributed by atoms with van der Waals surface area (Å²) in [5, 5.41) is 0. The van der Waals surface area contributed by atoms with Crippen LogP contribution in [0, 0.1) is 0 Å². The second-order valence-electron chi connectivity index (χ2n) is 1.59. The van der Waals surface area contributed by atoms with E-state index in [2.05, 4.69) is 4.18 Å². The maximum Gasteiger partial charge on any atom is 1.00 e. The van der Waals surface area contributed by atoms with Crippen LogP contribution in [0.2, 0.25) is 0 Å². The van der Waals surface area contributed by atoms with Crippen LogP contribution in [0.3, 0.4) is 0 Å². The fourth-order valence-corrected chi connectivity index (χ4v) is 1.03. The molecule has 1 atom stereocenters. The van der Waals surface area contributed by atoms with Gasteiger partial charge in [0, 0.05) is 10.7 Å². The van der Waals surface area contributed by atoms with E-state index in [1.807, 2.05) is 6.07 Å². The van der Waals surface area contributed by atoms with E-state index in [1.165, 1.54) is 0 Å². The Labute approximate surface area is 95.8 Å². The predicted molar refractivity (Wildman–Crippen MR) is 42.2 cm³/mol. The summed E-state index contributed by atoms with van der Waals surface area (Å²) in [6.07, 6.45) is 0. The SMILES string of the molecule is O=S(Cl)Oc1ccccc1.[H-].[Na+]. The molecule has 11 heavy (non-hydrogen) atoms. The van der Waals surface area contributed by atoms with Gasteiger partial charge in [0.05, 0.1) is 0 Å². The van der Waals surface area contributed by atoms with Crippen molar-refractivity contribution < 1.29 is 39.4 Å². The molecule has 0 heterocycles. The first kappa shape index (κ1) is 11.5. The van der Waals surface area contributed by atoms with Gasteiger partial charge < -0.3 is 5.61 Å². The molecule has 2 nitrogen and oxygen atoms in total. The van der Waals surface area contributed by atoms with Crippen molar-refractivity contribution in [3.63, 3.8) is 0 Å². The number of hydrogen-bond donors (Lipinski definition) is 0. The van der Waals surface area contributed by atoms with Crippen molar-refractivity contribution in [1.29, 1.82) is 0 Å². The fourth-order valence-electron chi connectivity index (χ4n) is 0.552. The molecule has 0 aromatic heterocycles. The molecule has 0 saturated heterocycles. The van der Waals surface area contributed by atoms with E-state index in [0.717, 1.165) is 0 Å². The normalized spacial score (nSPS) is 11.4. The first-order valence-corrected chi connectivity index (χ1v) is 4.50. The van der Waals surface area contributed by atoms with Crippen LogP contribution >= 0.6 is 10.7 Å². The molecule has 1 aromatic rings. The second-order valence-corrected chi connectivity index (χ2v) is 2.90. The number of para-hydroxylation sites is 1. The van der Waals surface area contributed by atoms with Crippen molar-refractivity contribution in [2.24, 2.45) is 0 Å². The van der Waals surface area contributed by atoms with Crippen molar-refractivity contribution >= 4 is 21.0 Å². The van der Waals surface area contributed by atoms with E-state index in [1.54, 1.807) is 24.3 Å². The molecule has 0 aliphatic carbocycles. The predicted octanol–water partition coefficient (Wildman–Crippen LogP) is -1.00. The van der Waals surface area contributed by atoms with Crippen LogP contribution in [-0.2, 0) is 10.3 Å². The monoisotopic (exact) mass is 200 g/mol. The minimum absolute atomic E-state index is 0. The van der Waals surface area contributed by atoms with Gasteiger partial charge in [-0.3, -0.25) is 0 Å². The van der Waals surface area contributed by atoms with Crippen molar-refractivity contribution in [2.45, 2.75) is 0 Å². The van der Waals surface area contributed by atoms with Crippen LogP contribution in [0.5, 0.6) is 5.75 Å². The standard InChI is InChI=1S/C6H5ClO2S.Na.H/c7-10(8)9-6-4-2-1-3-5-6;;/h1-5H;;/q;+1;-1. The average molecular weight is 201 g/mol. The third kappa shape index (κ3) is 4.82. The molecular weight excluding hydrogens is 195 g/mol. The molecule has 56 valence electrons. The van der Waals surface area contributed by atoms with Crippen molar-refractivity contribution in [1.82, 2.24) is 0 Å². The molecule has 1 unspecified atom stereocenters. The van der Waals surface area contributed by atoms with Crippen LogP contribution in [0.25, 0.3) is 0 Å². The number of rotatable bonds is 2. The van der Waals surface area contributed by atoms with Crippen molar-refractivity contribution in [3.8, 4) is 5.75 Å². The van der Waals surface area contributed by atoms with Gasteiger partial charge in [-0.25, -0.2) is 0 Å². The van der Waals surface area contributed by atoms with Gasteiger partial charge in [0.1, 0.15) is 5.75 Å². The van der Waals surface area contributed by atoms with Gasteiger partial charge in [0.2, 0.25) is 0 Å². The fraction of sp³-hybridized carbons (Fsp3) is 0. The summed E-state index contributed by atoms with van der Waals surface area (Å²) in [4.78, 5) is 0. The Morgan fingerprint density at radius 3 is 2.36 bits per heavy atom. The Kier molecular flexibility index (Phi) is 6.28. The van der Waals surface area contributed by atoms with E-state index in [4.69, 9.17) is 10.7 Å². The van der Waals surface area contributed by atoms with Crippen LogP contribution in [0.15, 0.2) is 30.3 Å². The van der Waals surface area contributed by atoms with Crippen LogP contribution in [0.4, 0.5) is 0 Å². The number of hydrogen-bond acceptors (Lipinski definition) is 2. The molecule has 0 fully saturated rings. The Bertz CT molecular complexity index is 234. The molecule has 0 N–H and O–H groups in total. The summed E-state index contributed by atoms with van der Waals surface area (Å²) in [6.45, 7) is 0. The number of halogens is 1. The molecule has 0 amide bonds. The Morgan fingerprint density at radius 1 is 1.36 bits per heavy atom. The van der Waals surface area contributed by atoms with Crippen molar-refractivity contribution in [3.05, 3.63) is 30.3 Å². The first-order valence-electron chi connectivity index (χ1n) is 2.60. The van der Waals surface area contributed by atoms with E-state index in [-0.39, 0.29) is 31.0 Å². The minimum atomic E-state index is -1.74. The second kappa shape index (κ2) is 6.03. The summed E-state index contributed by atoms with van der Waals surface area (Å²) < 4.78 is 14.9. The van der Waals surface area contributed by atoms with Gasteiger partial charge >= 0.3 is 39.9 Å². The molecule has 0 saturated carbocycles. The van der Waals surface area contributed by atoms with Crippen LogP contribution < -0.4 is 33.7 Å². The molecule has 0 aliphatic rings. The molecule has 0 aliphatic heterocycles. The summed E-state index contributed by atoms with van der Waals surface area (Å²) >= 11 is 0. The van der Waals surface area contributed by atoms with E-state index in [9.17, 15) is 4.21 Å². The Hall–Kier alpha value is 0.460. The summed E-state index contributed by atoms with van der Waals surface area (Å²) in [6, 6.07) is 8.75. The molecule has 1 aromatic carbocycles. The summed E-state index contributed by atoms with van der Waals surface area (Å²) in [7, 11) is 3.32. The van der Waals surface area contributed by atoms with Crippen LogP contribution in [-0.4, -0.2) is 4.21 Å². The minimum Gasteiger partial charge on any atom is -1.00 e. The summed E-state index contributed by atoms with van der Waals surface area (Å²) in [5.41, 5.74) is 0. The molecule has 0 spiro atoms. The Morgan fingerprint density at radius 2 is 1.91 bits per heavy atom. The molecule has 1 rings (SSSR count). The quantitative estimate of drug-likeness (QED) is 0.452. The molecule has 0 bridgehead atoms. The van der Waals surface area contributed by atoms with Gasteiger partial charge in [-0.15, -0.1) is 0 Å². The van der Waals surface area contributed by atoms with E-state index < -0.39 is 10.3 Å². The zero-order valence-corrected chi connectivity index (χ0v) is 9.56. The average Bonchev–Trinajstić information content (AvgIpc) is 1.88. The van der Waals surface area contributed by atoms with Gasteiger partial charge in [0.25, 0.3) is 0 Å². The molecule has 5 heteroatoms. The van der Waals surface area contributed by atoms with E-state index >= 15 is 0 Å². The van der Waals surface area contributed by atoms with Gasteiger partial charge in [0.15, 0.2) is 0 Å². The van der Waals surface area contributed by atoms with Gasteiger partial charge in [-0.2, -0.15) is 4.21 Å². The maximum atomic E-state index is 10.3. The van der Waals surface area contributed by atoms with Gasteiger partial charge in [-0.1, -0.05) is 18.2 Å². The molecule has 0 radical (unpaired) electrons. The number of benzene rings is 1. The van der Waals surface area contributed by atoms with Gasteiger partial charge in [-0.05, 0) is 12.1 Å².